The van der Waals surface area contributed by atoms with Crippen LogP contribution >= 0.6 is 23.2 Å². The molecule has 0 aliphatic carbocycles. The number of nitrogens with zero attached hydrogens (tertiary/aromatic N) is 2. The Morgan fingerprint density at radius 2 is 1.49 bits per heavy atom. The molecule has 0 radical (unpaired) electrons. The molecule has 0 unspecified atom stereocenters. The van der Waals surface area contributed by atoms with E-state index in [1.54, 1.807) is 24.3 Å². The Morgan fingerprint density at radius 1 is 0.804 bits per heavy atom. The summed E-state index contributed by atoms with van der Waals surface area (Å²) in [5, 5.41) is 3.58. The number of hydrogen-bond donors (Lipinski definition) is 1. The molecule has 0 saturated carbocycles. The zero-order valence-corrected chi connectivity index (χ0v) is 31.3. The molecule has 11 nitrogen and oxygen atoms in total. The Morgan fingerprint density at radius 3 is 2.12 bits per heavy atom. The minimum absolute atomic E-state index is 0.0273. The lowest BCUT2D eigenvalue weighted by Gasteiger charge is -2.34. The van der Waals surface area contributed by atoms with Crippen molar-refractivity contribution < 1.29 is 37.0 Å². The summed E-state index contributed by atoms with van der Waals surface area (Å²) in [6, 6.07) is 21.7. The van der Waals surface area contributed by atoms with Gasteiger partial charge in [-0.05, 0) is 53.9 Å². The molecule has 272 valence electrons. The van der Waals surface area contributed by atoms with E-state index < -0.39 is 34.4 Å². The number of anilines is 1. The summed E-state index contributed by atoms with van der Waals surface area (Å²) in [6.07, 6.45) is 0.798. The molecule has 0 aliphatic heterocycles. The predicted molar refractivity (Wildman–Crippen MR) is 198 cm³/mol. The number of hydrogen-bond acceptors (Lipinski definition) is 8. The molecule has 0 fully saturated rings. The second kappa shape index (κ2) is 18.0. The molecule has 0 bridgehead atoms. The first-order valence-electron chi connectivity index (χ1n) is 16.0. The van der Waals surface area contributed by atoms with Crippen LogP contribution in [0.15, 0.2) is 89.8 Å². The smallest absolute Gasteiger partial charge is 0.265 e. The SMILES string of the molecule is CCCNC(=O)[C@@H](Cc1ccccc1)N(Cc1ccc(Cl)cc1Cl)C(=O)CN(c1cc(OC)ccc1OC)S(=O)(=O)c1ccc(OC)c(OC)c1. The topological polar surface area (TPSA) is 124 Å². The van der Waals surface area contributed by atoms with Crippen LogP contribution in [0.1, 0.15) is 24.5 Å². The van der Waals surface area contributed by atoms with Gasteiger partial charge in [0.25, 0.3) is 10.0 Å². The number of carbonyl (C=O) groups is 2. The van der Waals surface area contributed by atoms with Gasteiger partial charge in [0, 0.05) is 41.7 Å². The van der Waals surface area contributed by atoms with E-state index in [9.17, 15) is 18.0 Å². The van der Waals surface area contributed by atoms with Gasteiger partial charge in [0.15, 0.2) is 11.5 Å². The van der Waals surface area contributed by atoms with Gasteiger partial charge in [0.1, 0.15) is 24.1 Å². The average Bonchev–Trinajstić information content (AvgIpc) is 3.14. The minimum Gasteiger partial charge on any atom is -0.497 e. The summed E-state index contributed by atoms with van der Waals surface area (Å²) in [5.74, 6) is -0.157. The van der Waals surface area contributed by atoms with Gasteiger partial charge in [-0.25, -0.2) is 8.42 Å². The summed E-state index contributed by atoms with van der Waals surface area (Å²) in [4.78, 5) is 29.9. The molecule has 1 N–H and O–H groups in total. The largest absolute Gasteiger partial charge is 0.497 e. The van der Waals surface area contributed by atoms with Gasteiger partial charge in [-0.3, -0.25) is 13.9 Å². The van der Waals surface area contributed by atoms with E-state index >= 15 is 0 Å². The molecule has 4 rings (SSSR count). The lowest BCUT2D eigenvalue weighted by Crippen LogP contribution is -2.53. The van der Waals surface area contributed by atoms with Crippen LogP contribution in [0.5, 0.6) is 23.0 Å². The number of amides is 2. The van der Waals surface area contributed by atoms with Crippen LogP contribution in [-0.2, 0) is 32.6 Å². The van der Waals surface area contributed by atoms with Crippen molar-refractivity contribution in [3.63, 3.8) is 0 Å². The van der Waals surface area contributed by atoms with Gasteiger partial charge in [-0.2, -0.15) is 0 Å². The van der Waals surface area contributed by atoms with Crippen molar-refractivity contribution in [2.45, 2.75) is 37.2 Å². The van der Waals surface area contributed by atoms with Crippen LogP contribution in [0.25, 0.3) is 0 Å². The fourth-order valence-electron chi connectivity index (χ4n) is 5.36. The number of ether oxygens (including phenoxy) is 4. The van der Waals surface area contributed by atoms with Crippen LogP contribution in [0.4, 0.5) is 5.69 Å². The van der Waals surface area contributed by atoms with Gasteiger partial charge in [-0.15, -0.1) is 0 Å². The van der Waals surface area contributed by atoms with Crippen molar-refractivity contribution in [2.75, 3.05) is 45.8 Å². The van der Waals surface area contributed by atoms with Crippen LogP contribution in [-0.4, -0.2) is 72.7 Å². The van der Waals surface area contributed by atoms with Gasteiger partial charge in [0.05, 0.1) is 39.0 Å². The van der Waals surface area contributed by atoms with Gasteiger partial charge >= 0.3 is 0 Å². The van der Waals surface area contributed by atoms with E-state index in [4.69, 9.17) is 42.1 Å². The highest BCUT2D eigenvalue weighted by Gasteiger charge is 2.36. The van der Waals surface area contributed by atoms with E-state index in [1.165, 1.54) is 63.7 Å². The maximum atomic E-state index is 14.8. The lowest BCUT2D eigenvalue weighted by molar-refractivity contribution is -0.140. The van der Waals surface area contributed by atoms with Crippen molar-refractivity contribution in [1.29, 1.82) is 0 Å². The molecule has 2 amide bonds. The zero-order valence-electron chi connectivity index (χ0n) is 29.0. The lowest BCUT2D eigenvalue weighted by atomic mass is 10.0. The summed E-state index contributed by atoms with van der Waals surface area (Å²) in [5.41, 5.74) is 1.32. The highest BCUT2D eigenvalue weighted by atomic mass is 35.5. The summed E-state index contributed by atoms with van der Waals surface area (Å²) >= 11 is 12.8. The van der Waals surface area contributed by atoms with Crippen LogP contribution < -0.4 is 28.6 Å². The fraction of sp³-hybridized carbons (Fsp3) is 0.297. The fourth-order valence-corrected chi connectivity index (χ4v) is 7.26. The van der Waals surface area contributed by atoms with Crippen molar-refractivity contribution in [3.05, 3.63) is 106 Å². The van der Waals surface area contributed by atoms with Gasteiger partial charge in [-0.1, -0.05) is 66.5 Å². The van der Waals surface area contributed by atoms with Crippen molar-refractivity contribution >= 4 is 50.7 Å². The molecule has 0 heterocycles. The second-order valence-electron chi connectivity index (χ2n) is 11.3. The second-order valence-corrected chi connectivity index (χ2v) is 14.0. The van der Waals surface area contributed by atoms with E-state index in [-0.39, 0.29) is 40.1 Å². The normalized spacial score (nSPS) is 11.7. The molecule has 4 aromatic rings. The van der Waals surface area contributed by atoms with Crippen LogP contribution in [0, 0.1) is 0 Å². The minimum atomic E-state index is -4.53. The molecular formula is C37H41Cl2N3O8S. The number of halogens is 2. The Hall–Kier alpha value is -4.65. The van der Waals surface area contributed by atoms with Gasteiger partial charge in [0.2, 0.25) is 11.8 Å². The summed E-state index contributed by atoms with van der Waals surface area (Å²) in [7, 11) is 1.11. The molecule has 51 heavy (non-hydrogen) atoms. The molecule has 0 saturated heterocycles. The number of methoxy groups -OCH3 is 4. The van der Waals surface area contributed by atoms with Gasteiger partial charge < -0.3 is 29.2 Å². The predicted octanol–water partition coefficient (Wildman–Crippen LogP) is 6.39. The van der Waals surface area contributed by atoms with Crippen LogP contribution in [0.3, 0.4) is 0 Å². The molecular weight excluding hydrogens is 717 g/mol. The van der Waals surface area contributed by atoms with Crippen molar-refractivity contribution in [3.8, 4) is 23.0 Å². The van der Waals surface area contributed by atoms with E-state index in [1.807, 2.05) is 37.3 Å². The number of rotatable bonds is 17. The third-order valence-corrected chi connectivity index (χ3v) is 10.4. The first kappa shape index (κ1) is 39.1. The highest BCUT2D eigenvalue weighted by molar-refractivity contribution is 7.92. The van der Waals surface area contributed by atoms with E-state index in [0.29, 0.717) is 35.1 Å². The standard InChI is InChI=1S/C37H41Cl2N3O8S/c1-6-18-40-37(44)32(19-25-10-8-7-9-11-25)41(23-26-12-13-27(38)20-30(26)39)36(43)24-42(31-21-28(47-2)14-16-33(31)48-3)51(45,46)29-15-17-34(49-4)35(22-29)50-5/h7-17,20-22,32H,6,18-19,23-24H2,1-5H3,(H,40,44)/t32-/m1/s1. The maximum Gasteiger partial charge on any atom is 0.265 e. The summed E-state index contributed by atoms with van der Waals surface area (Å²) < 4.78 is 52.0. The number of sulfonamides is 1. The first-order valence-corrected chi connectivity index (χ1v) is 18.2. The number of carbonyl (C=O) groups excluding carboxylic acids is 2. The molecule has 0 aliphatic rings. The third-order valence-electron chi connectivity index (χ3n) is 8.05. The monoisotopic (exact) mass is 757 g/mol. The average molecular weight is 759 g/mol. The quantitative estimate of drug-likeness (QED) is 0.132. The Bertz CT molecular complexity index is 1930. The van der Waals surface area contributed by atoms with E-state index in [0.717, 1.165) is 9.87 Å². The van der Waals surface area contributed by atoms with Crippen molar-refractivity contribution in [2.24, 2.45) is 0 Å². The molecule has 14 heteroatoms. The summed E-state index contributed by atoms with van der Waals surface area (Å²) in [6.45, 7) is 1.42. The molecule has 0 aromatic heterocycles. The maximum absolute atomic E-state index is 14.8. The van der Waals surface area contributed by atoms with E-state index in [2.05, 4.69) is 5.32 Å². The Balaban J connectivity index is 1.91. The zero-order chi connectivity index (χ0) is 37.1. The first-order chi connectivity index (χ1) is 24.5. The Labute approximate surface area is 309 Å². The molecule has 1 atom stereocenters. The Kier molecular flexibility index (Phi) is 13.8. The number of nitrogens with one attached hydrogen (secondary N) is 1. The van der Waals surface area contributed by atoms with Crippen molar-refractivity contribution in [1.82, 2.24) is 10.2 Å². The third kappa shape index (κ3) is 9.57. The highest BCUT2D eigenvalue weighted by Crippen LogP contribution is 2.38. The van der Waals surface area contributed by atoms with Crippen LogP contribution in [0.2, 0.25) is 10.0 Å². The number of benzene rings is 4. The molecule has 4 aromatic carbocycles. The molecule has 0 spiro atoms.